The average molecular weight is 849 g/mol. The third-order valence-electron chi connectivity index (χ3n) is 12.8. The van der Waals surface area contributed by atoms with Crippen molar-refractivity contribution in [2.45, 2.75) is 97.1 Å². The van der Waals surface area contributed by atoms with E-state index in [1.165, 1.54) is 7.11 Å². The molecule has 3 aromatic carbocycles. The zero-order valence-corrected chi connectivity index (χ0v) is 36.3. The van der Waals surface area contributed by atoms with E-state index < -0.39 is 24.3 Å². The van der Waals surface area contributed by atoms with Crippen LogP contribution in [0.3, 0.4) is 0 Å². The van der Waals surface area contributed by atoms with Crippen LogP contribution in [0.25, 0.3) is 44.2 Å². The molecular weight excluding hydrogens is 793 g/mol. The number of likely N-dealkylation sites (tertiary alicyclic amines) is 2. The summed E-state index contributed by atoms with van der Waals surface area (Å²) in [6.07, 6.45) is 2.95. The molecular formula is C46H56N8O8. The minimum absolute atomic E-state index is 0.0273. The highest BCUT2D eigenvalue weighted by Gasteiger charge is 2.43. The van der Waals surface area contributed by atoms with Gasteiger partial charge >= 0.3 is 12.2 Å². The predicted molar refractivity (Wildman–Crippen MR) is 232 cm³/mol. The number of hydrogen-bond donors (Lipinski definition) is 5. The van der Waals surface area contributed by atoms with Crippen molar-refractivity contribution in [2.24, 2.45) is 17.8 Å². The van der Waals surface area contributed by atoms with Crippen molar-refractivity contribution in [3.05, 3.63) is 65.9 Å². The van der Waals surface area contributed by atoms with Crippen molar-refractivity contribution in [2.75, 3.05) is 27.4 Å². The van der Waals surface area contributed by atoms with Crippen LogP contribution in [0.15, 0.2) is 48.7 Å². The second kappa shape index (κ2) is 17.3. The molecule has 2 saturated heterocycles. The Kier molecular flexibility index (Phi) is 11.9. The lowest BCUT2D eigenvalue weighted by Crippen LogP contribution is -2.53. The fourth-order valence-corrected chi connectivity index (χ4v) is 9.64. The van der Waals surface area contributed by atoms with Crippen LogP contribution < -0.4 is 15.4 Å². The van der Waals surface area contributed by atoms with E-state index in [1.807, 2.05) is 50.9 Å². The second-order valence-electron chi connectivity index (χ2n) is 17.5. The summed E-state index contributed by atoms with van der Waals surface area (Å²) in [5.41, 5.74) is 6.43. The first-order valence-electron chi connectivity index (χ1n) is 21.5. The van der Waals surface area contributed by atoms with Crippen LogP contribution in [-0.4, -0.2) is 104 Å². The Labute approximate surface area is 360 Å². The maximum absolute atomic E-state index is 14.0. The van der Waals surface area contributed by atoms with Gasteiger partial charge in [-0.05, 0) is 83.9 Å². The number of aromatic nitrogens is 4. The van der Waals surface area contributed by atoms with Crippen molar-refractivity contribution in [1.29, 1.82) is 0 Å². The molecule has 3 aliphatic rings. The standard InChI is InChI=1S/C46H56N8O8/c1-8-29-11-14-35(54(29)44(56)39(24(4)5)52-46(59)61-7)41-47-19-34(49-41)27-9-12-30-28(16-27)22-62-37-18-31-26(17-32(30)37)10-13-33-40(31)50-42(48-33)36-15-25(21-60-6)20-53(36)43(55)38(23(2)3)51-45(57)58/h9-10,12-13,16-19,23-25,29,35-36,38-39,51H,8,11,14-15,20-22H2,1-7H3,(H,47,49)(H,48,50)(H,52,59)(H,57,58)/t25-,29-,35-,36-,38-,39-/m0/s1. The molecule has 328 valence electrons. The second-order valence-corrected chi connectivity index (χ2v) is 17.5. The molecule has 0 aliphatic carbocycles. The summed E-state index contributed by atoms with van der Waals surface area (Å²) in [6, 6.07) is 12.3. The van der Waals surface area contributed by atoms with Gasteiger partial charge in [0.1, 0.15) is 36.1 Å². The summed E-state index contributed by atoms with van der Waals surface area (Å²) in [5, 5.41) is 16.6. The average Bonchev–Trinajstić information content (AvgIpc) is 4.08. The van der Waals surface area contributed by atoms with Crippen LogP contribution >= 0.6 is 0 Å². The van der Waals surface area contributed by atoms with Crippen molar-refractivity contribution in [3.8, 4) is 28.1 Å². The smallest absolute Gasteiger partial charge is 0.407 e. The Morgan fingerprint density at radius 1 is 0.919 bits per heavy atom. The third kappa shape index (κ3) is 7.91. The number of imidazole rings is 2. The summed E-state index contributed by atoms with van der Waals surface area (Å²) in [7, 11) is 2.93. The molecule has 0 unspecified atom stereocenters. The molecule has 16 heteroatoms. The molecule has 2 fully saturated rings. The number of carboxylic acid groups (broad SMARTS) is 1. The summed E-state index contributed by atoms with van der Waals surface area (Å²) >= 11 is 0. The van der Waals surface area contributed by atoms with E-state index in [9.17, 15) is 24.3 Å². The van der Waals surface area contributed by atoms with Crippen LogP contribution in [0.1, 0.15) is 89.6 Å². The predicted octanol–water partition coefficient (Wildman–Crippen LogP) is 7.32. The number of nitrogens with zero attached hydrogens (tertiary/aromatic N) is 4. The largest absolute Gasteiger partial charge is 0.488 e. The number of alkyl carbamates (subject to hydrolysis) is 1. The minimum atomic E-state index is -1.24. The Morgan fingerprint density at radius 2 is 1.69 bits per heavy atom. The Balaban J connectivity index is 1.06. The molecule has 5 aromatic rings. The first-order valence-corrected chi connectivity index (χ1v) is 21.5. The van der Waals surface area contributed by atoms with Crippen molar-refractivity contribution >= 4 is 45.8 Å². The van der Waals surface area contributed by atoms with E-state index in [0.29, 0.717) is 37.8 Å². The zero-order chi connectivity index (χ0) is 44.0. The summed E-state index contributed by atoms with van der Waals surface area (Å²) in [4.78, 5) is 72.3. The van der Waals surface area contributed by atoms with Crippen molar-refractivity contribution in [1.82, 2.24) is 40.4 Å². The SMILES string of the molecule is CC[C@H]1CC[C@@H](c2ncc(-c3ccc4c(c3)COc3cc5c(ccc6[nH]c([C@@H]7C[C@H](COC)CN7C(=O)[C@@H](NC(=O)O)C(C)C)nc65)cc3-4)[nH]2)N1C(=O)[C@@H](NC(=O)OC)C(C)C. The lowest BCUT2D eigenvalue weighted by atomic mass is 9.92. The number of fused-ring (bicyclic) bond motifs is 6. The van der Waals surface area contributed by atoms with Crippen LogP contribution in [0, 0.1) is 17.8 Å². The molecule has 8 rings (SSSR count). The van der Waals surface area contributed by atoms with Crippen LogP contribution in [0.5, 0.6) is 5.75 Å². The van der Waals surface area contributed by atoms with Gasteiger partial charge < -0.3 is 49.7 Å². The molecule has 0 spiro atoms. The highest BCUT2D eigenvalue weighted by atomic mass is 16.5. The number of methoxy groups -OCH3 is 2. The monoisotopic (exact) mass is 848 g/mol. The molecule has 0 saturated carbocycles. The van der Waals surface area contributed by atoms with E-state index >= 15 is 0 Å². The maximum Gasteiger partial charge on any atom is 0.407 e. The molecule has 5 heterocycles. The molecule has 16 nitrogen and oxygen atoms in total. The van der Waals surface area contributed by atoms with Crippen LogP contribution in [0.4, 0.5) is 9.59 Å². The molecule has 3 aliphatic heterocycles. The lowest BCUT2D eigenvalue weighted by Gasteiger charge is -2.34. The molecule has 5 N–H and O–H groups in total. The van der Waals surface area contributed by atoms with Crippen LogP contribution in [0.2, 0.25) is 0 Å². The fraction of sp³-hybridized carbons (Fsp3) is 0.478. The van der Waals surface area contributed by atoms with Gasteiger partial charge in [-0.2, -0.15) is 0 Å². The van der Waals surface area contributed by atoms with E-state index in [2.05, 4.69) is 57.9 Å². The number of aromatic amines is 2. The van der Waals surface area contributed by atoms with Gasteiger partial charge in [0.2, 0.25) is 11.8 Å². The van der Waals surface area contributed by atoms with Gasteiger partial charge in [0, 0.05) is 36.6 Å². The van der Waals surface area contributed by atoms with Gasteiger partial charge in [0.05, 0.1) is 48.7 Å². The Hall–Kier alpha value is -6.16. The zero-order valence-electron chi connectivity index (χ0n) is 36.3. The minimum Gasteiger partial charge on any atom is -0.488 e. The van der Waals surface area contributed by atoms with Crippen molar-refractivity contribution in [3.63, 3.8) is 0 Å². The number of benzene rings is 3. The van der Waals surface area contributed by atoms with Gasteiger partial charge in [-0.1, -0.05) is 52.8 Å². The number of carbonyl (C=O) groups excluding carboxylic acids is 3. The van der Waals surface area contributed by atoms with Gasteiger partial charge in [0.15, 0.2) is 0 Å². The summed E-state index contributed by atoms with van der Waals surface area (Å²) < 4.78 is 16.7. The number of H-pyrrole nitrogens is 2. The van der Waals surface area contributed by atoms with E-state index in [0.717, 1.165) is 74.8 Å². The highest BCUT2D eigenvalue weighted by Crippen LogP contribution is 2.44. The normalized spacial score (nSPS) is 20.6. The summed E-state index contributed by atoms with van der Waals surface area (Å²) in [5.74, 6) is 1.36. The number of ether oxygens (including phenoxy) is 3. The first kappa shape index (κ1) is 42.5. The van der Waals surface area contributed by atoms with E-state index in [-0.39, 0.29) is 47.7 Å². The van der Waals surface area contributed by atoms with E-state index in [1.54, 1.807) is 12.0 Å². The Bertz CT molecular complexity index is 2510. The Morgan fingerprint density at radius 3 is 2.40 bits per heavy atom. The van der Waals surface area contributed by atoms with E-state index in [4.69, 9.17) is 24.2 Å². The first-order chi connectivity index (χ1) is 29.8. The van der Waals surface area contributed by atoms with Gasteiger partial charge in [-0.25, -0.2) is 19.6 Å². The van der Waals surface area contributed by atoms with Gasteiger partial charge in [-0.3, -0.25) is 9.59 Å². The fourth-order valence-electron chi connectivity index (χ4n) is 9.64. The molecule has 4 amide bonds. The molecule has 0 radical (unpaired) electrons. The molecule has 2 aromatic heterocycles. The topological polar surface area (TPSA) is 204 Å². The van der Waals surface area contributed by atoms with Gasteiger partial charge in [0.25, 0.3) is 0 Å². The quantitative estimate of drug-likeness (QED) is 0.0847. The molecule has 6 atom stereocenters. The number of carbonyl (C=O) groups is 4. The molecule has 0 bridgehead atoms. The number of amides is 4. The van der Waals surface area contributed by atoms with Crippen LogP contribution in [-0.2, 0) is 25.7 Å². The maximum atomic E-state index is 14.0. The lowest BCUT2D eigenvalue weighted by molar-refractivity contribution is -0.138. The number of nitrogens with one attached hydrogen (secondary N) is 4. The highest BCUT2D eigenvalue weighted by molar-refractivity contribution is 6.07. The summed E-state index contributed by atoms with van der Waals surface area (Å²) in [6.45, 7) is 10.8. The van der Waals surface area contributed by atoms with Crippen molar-refractivity contribution < 1.29 is 38.5 Å². The number of rotatable bonds is 12. The third-order valence-corrected chi connectivity index (χ3v) is 12.8. The van der Waals surface area contributed by atoms with Gasteiger partial charge in [-0.15, -0.1) is 0 Å². The number of hydrogen-bond acceptors (Lipinski definition) is 9. The molecule has 62 heavy (non-hydrogen) atoms.